The standard InChI is InChI=1S/C42H50N5O8PS/c1-27(2)47(28(3)4)56(53-24-12-23-43)55-36-35-38(46-25-29(5)37(48)44-40(46)49)54-41(36,39(57)45(35)6)26-52-42(30-13-10-9-11-14-30,31-15-19-33(50-7)20-16-31)32-17-21-34(51-8)22-18-32/h9-11,13-22,25,27-28,35-36,38H,12,24,26H2,1-8H3,(H,44,48,49)/t35?,36?,38-,41-,56?/m1/s1. The van der Waals surface area contributed by atoms with Crippen LogP contribution in [0.3, 0.4) is 0 Å². The van der Waals surface area contributed by atoms with Crippen LogP contribution in [0.4, 0.5) is 0 Å². The van der Waals surface area contributed by atoms with Crippen molar-refractivity contribution in [3.8, 4) is 17.6 Å². The molecule has 1 N–H and O–H groups in total. The smallest absolute Gasteiger partial charge is 0.330 e. The van der Waals surface area contributed by atoms with E-state index in [0.29, 0.717) is 22.1 Å². The molecule has 2 bridgehead atoms. The number of hydrogen-bond acceptors (Lipinski definition) is 11. The molecule has 0 spiro atoms. The van der Waals surface area contributed by atoms with Gasteiger partial charge in [-0.1, -0.05) is 66.8 Å². The topological polar surface area (TPSA) is 141 Å². The number of H-pyrrole nitrogens is 1. The van der Waals surface area contributed by atoms with Crippen molar-refractivity contribution in [2.75, 3.05) is 34.5 Å². The lowest BCUT2D eigenvalue weighted by Crippen LogP contribution is -2.54. The Morgan fingerprint density at radius 3 is 2.04 bits per heavy atom. The number of hydrogen-bond donors (Lipinski definition) is 1. The van der Waals surface area contributed by atoms with Gasteiger partial charge in [0.15, 0.2) is 11.8 Å². The van der Waals surface area contributed by atoms with Crippen LogP contribution < -0.4 is 20.7 Å². The molecule has 3 unspecified atom stereocenters. The highest BCUT2D eigenvalue weighted by atomic mass is 32.1. The predicted molar refractivity (Wildman–Crippen MR) is 221 cm³/mol. The second-order valence-electron chi connectivity index (χ2n) is 14.6. The van der Waals surface area contributed by atoms with Gasteiger partial charge in [-0.3, -0.25) is 14.3 Å². The monoisotopic (exact) mass is 815 g/mol. The number of ether oxygens (including phenoxy) is 4. The average molecular weight is 816 g/mol. The van der Waals surface area contributed by atoms with Gasteiger partial charge in [-0.05, 0) is 75.6 Å². The fraction of sp³-hybridized carbons (Fsp3) is 0.429. The van der Waals surface area contributed by atoms with Crippen molar-refractivity contribution in [2.24, 2.45) is 0 Å². The van der Waals surface area contributed by atoms with Gasteiger partial charge in [-0.15, -0.1) is 0 Å². The van der Waals surface area contributed by atoms with Crippen LogP contribution in [0.5, 0.6) is 11.5 Å². The minimum absolute atomic E-state index is 0.00573. The maximum absolute atomic E-state index is 13.5. The molecule has 2 saturated heterocycles. The molecule has 0 amide bonds. The first-order valence-corrected chi connectivity index (χ1v) is 20.4. The summed E-state index contributed by atoms with van der Waals surface area (Å²) in [7, 11) is 3.28. The molecule has 3 heterocycles. The highest BCUT2D eigenvalue weighted by Gasteiger charge is 2.69. The fourth-order valence-electron chi connectivity index (χ4n) is 7.78. The molecule has 1 aromatic heterocycles. The first-order chi connectivity index (χ1) is 27.3. The zero-order chi connectivity index (χ0) is 41.1. The maximum atomic E-state index is 13.5. The summed E-state index contributed by atoms with van der Waals surface area (Å²) < 4.78 is 42.7. The van der Waals surface area contributed by atoms with Crippen LogP contribution in [-0.4, -0.2) is 88.4 Å². The largest absolute Gasteiger partial charge is 0.497 e. The van der Waals surface area contributed by atoms with Crippen LogP contribution in [0.25, 0.3) is 0 Å². The number of methoxy groups -OCH3 is 2. The van der Waals surface area contributed by atoms with Crippen LogP contribution in [-0.2, 0) is 24.1 Å². The Hall–Kier alpha value is -4.45. The molecule has 6 rings (SSSR count). The first-order valence-electron chi connectivity index (χ1n) is 18.8. The molecule has 4 aromatic rings. The molecule has 2 aliphatic rings. The molecule has 15 heteroatoms. The number of benzene rings is 3. The minimum Gasteiger partial charge on any atom is -0.497 e. The number of nitriles is 1. The highest BCUT2D eigenvalue weighted by Crippen LogP contribution is 2.57. The Kier molecular flexibility index (Phi) is 13.0. The molecule has 302 valence electrons. The van der Waals surface area contributed by atoms with Crippen LogP contribution in [0.1, 0.15) is 62.6 Å². The van der Waals surface area contributed by atoms with Crippen LogP contribution in [0.15, 0.2) is 94.6 Å². The lowest BCUT2D eigenvalue weighted by molar-refractivity contribution is -0.130. The number of fused-ring (bicyclic) bond motifs is 2. The number of aromatic amines is 1. The van der Waals surface area contributed by atoms with Gasteiger partial charge in [0.25, 0.3) is 14.1 Å². The average Bonchev–Trinajstić information content (AvgIpc) is 3.62. The van der Waals surface area contributed by atoms with Gasteiger partial charge in [0, 0.05) is 30.9 Å². The van der Waals surface area contributed by atoms with E-state index in [-0.39, 0.29) is 31.7 Å². The Bertz CT molecular complexity index is 2120. The fourth-order valence-corrected chi connectivity index (χ4v) is 9.92. The van der Waals surface area contributed by atoms with Gasteiger partial charge >= 0.3 is 5.69 Å². The van der Waals surface area contributed by atoms with Crippen molar-refractivity contribution >= 4 is 25.7 Å². The number of thiocarbonyl (C=S) groups is 1. The summed E-state index contributed by atoms with van der Waals surface area (Å²) in [5.41, 5.74) is -1.04. The van der Waals surface area contributed by atoms with Crippen molar-refractivity contribution in [3.05, 3.63) is 128 Å². The number of aromatic nitrogens is 2. The number of rotatable bonds is 17. The molecule has 13 nitrogen and oxygen atoms in total. The van der Waals surface area contributed by atoms with E-state index in [1.165, 1.54) is 10.8 Å². The number of morpholine rings is 1. The van der Waals surface area contributed by atoms with Crippen LogP contribution >= 0.6 is 20.7 Å². The third kappa shape index (κ3) is 7.90. The molecule has 3 aromatic carbocycles. The van der Waals surface area contributed by atoms with E-state index in [2.05, 4.69) is 43.4 Å². The van der Waals surface area contributed by atoms with E-state index in [4.69, 9.17) is 40.2 Å². The molecular weight excluding hydrogens is 766 g/mol. The second kappa shape index (κ2) is 17.6. The van der Waals surface area contributed by atoms with E-state index >= 15 is 0 Å². The van der Waals surface area contributed by atoms with Crippen molar-refractivity contribution in [1.29, 1.82) is 5.26 Å². The molecular formula is C42H50N5O8PS. The molecule has 0 aliphatic carbocycles. The summed E-state index contributed by atoms with van der Waals surface area (Å²) >= 11 is 6.27. The Labute approximate surface area is 340 Å². The Morgan fingerprint density at radius 1 is 0.947 bits per heavy atom. The Morgan fingerprint density at radius 2 is 1.51 bits per heavy atom. The zero-order valence-electron chi connectivity index (χ0n) is 33.5. The van der Waals surface area contributed by atoms with Crippen molar-refractivity contribution in [3.63, 3.8) is 0 Å². The molecule has 0 radical (unpaired) electrons. The lowest BCUT2D eigenvalue weighted by atomic mass is 9.79. The summed E-state index contributed by atoms with van der Waals surface area (Å²) in [6.45, 7) is 9.88. The van der Waals surface area contributed by atoms with Gasteiger partial charge < -0.3 is 32.9 Å². The zero-order valence-corrected chi connectivity index (χ0v) is 35.2. The summed E-state index contributed by atoms with van der Waals surface area (Å²) in [5.74, 6) is 1.36. The van der Waals surface area contributed by atoms with E-state index < -0.39 is 49.4 Å². The van der Waals surface area contributed by atoms with Gasteiger partial charge in [0.1, 0.15) is 34.2 Å². The number of likely N-dealkylation sites (N-methyl/N-ethyl adjacent to an activating group) is 1. The number of likely N-dealkylation sites (tertiary alicyclic amines) is 1. The second-order valence-corrected chi connectivity index (χ2v) is 16.4. The van der Waals surface area contributed by atoms with Crippen molar-refractivity contribution in [1.82, 2.24) is 19.1 Å². The molecule has 0 saturated carbocycles. The van der Waals surface area contributed by atoms with Crippen LogP contribution in [0.2, 0.25) is 0 Å². The van der Waals surface area contributed by atoms with Gasteiger partial charge in [-0.2, -0.15) is 5.26 Å². The van der Waals surface area contributed by atoms with Crippen LogP contribution in [0, 0.1) is 18.3 Å². The normalized spacial score (nSPS) is 21.1. The quantitative estimate of drug-likeness (QED) is 0.0543. The van der Waals surface area contributed by atoms with E-state index in [1.807, 2.05) is 90.8 Å². The number of nitrogens with zero attached hydrogens (tertiary/aromatic N) is 4. The van der Waals surface area contributed by atoms with Crippen molar-refractivity contribution in [2.45, 2.75) is 82.7 Å². The highest BCUT2D eigenvalue weighted by molar-refractivity contribution is 7.80. The molecule has 5 atom stereocenters. The van der Waals surface area contributed by atoms with Gasteiger partial charge in [0.05, 0.1) is 39.9 Å². The molecule has 57 heavy (non-hydrogen) atoms. The Balaban J connectivity index is 1.55. The van der Waals surface area contributed by atoms with Crippen molar-refractivity contribution < 1.29 is 28.0 Å². The SMILES string of the molecule is COc1ccc(C(OC[C@@]23O[C@@H](n4cc(C)c(=O)[nH]c4=O)C(C2OP(OCCC#N)N(C(C)C)C(C)C)N(C)C3=S)(c2ccccc2)c2ccc(OC)cc2)cc1. The lowest BCUT2D eigenvalue weighted by Gasteiger charge is -2.42. The molecule has 2 aliphatic heterocycles. The number of aryl methyl sites for hydroxylation is 1. The molecule has 2 fully saturated rings. The summed E-state index contributed by atoms with van der Waals surface area (Å²) in [5, 5.41) is 9.43. The first kappa shape index (κ1) is 42.2. The van der Waals surface area contributed by atoms with E-state index in [0.717, 1.165) is 16.7 Å². The van der Waals surface area contributed by atoms with Gasteiger partial charge in [-0.25, -0.2) is 9.46 Å². The predicted octanol–water partition coefficient (Wildman–Crippen LogP) is 6.44. The van der Waals surface area contributed by atoms with Gasteiger partial charge in [0.2, 0.25) is 0 Å². The third-order valence-electron chi connectivity index (χ3n) is 10.5. The minimum atomic E-state index is -1.81. The third-order valence-corrected chi connectivity index (χ3v) is 13.2. The maximum Gasteiger partial charge on any atom is 0.330 e. The van der Waals surface area contributed by atoms with E-state index in [1.54, 1.807) is 21.1 Å². The number of nitrogens with one attached hydrogen (secondary N) is 1. The van der Waals surface area contributed by atoms with E-state index in [9.17, 15) is 14.9 Å². The summed E-state index contributed by atoms with van der Waals surface area (Å²) in [6, 6.07) is 26.8. The summed E-state index contributed by atoms with van der Waals surface area (Å²) in [4.78, 5) is 30.8. The summed E-state index contributed by atoms with van der Waals surface area (Å²) in [6.07, 6.45) is -0.123.